The molecule has 138 valence electrons. The summed E-state index contributed by atoms with van der Waals surface area (Å²) in [6.45, 7) is 5.57. The average Bonchev–Trinajstić information content (AvgIpc) is 2.90. The van der Waals surface area contributed by atoms with Gasteiger partial charge >= 0.3 is 0 Å². The number of carbonyl (C=O) groups excluding carboxylic acids is 2. The van der Waals surface area contributed by atoms with Crippen LogP contribution in [0.1, 0.15) is 66.8 Å². The number of nitrogens with zero attached hydrogens (tertiary/aromatic N) is 1. The first-order valence-electron chi connectivity index (χ1n) is 9.33. The molecule has 2 aromatic rings. The molecule has 0 saturated heterocycles. The molecule has 1 aromatic carbocycles. The molecular weight excluding hydrogens is 326 g/mol. The van der Waals surface area contributed by atoms with E-state index in [4.69, 9.17) is 0 Å². The summed E-state index contributed by atoms with van der Waals surface area (Å²) in [6.07, 6.45) is 6.22. The van der Waals surface area contributed by atoms with Gasteiger partial charge in [0.1, 0.15) is 0 Å². The molecule has 0 unspecified atom stereocenters. The van der Waals surface area contributed by atoms with Crippen molar-refractivity contribution in [1.29, 1.82) is 0 Å². The van der Waals surface area contributed by atoms with Crippen LogP contribution in [0, 0.1) is 13.8 Å². The number of anilines is 2. The van der Waals surface area contributed by atoms with Crippen molar-refractivity contribution >= 4 is 23.2 Å². The summed E-state index contributed by atoms with van der Waals surface area (Å²) >= 11 is 0. The van der Waals surface area contributed by atoms with E-state index in [0.29, 0.717) is 17.4 Å². The molecule has 2 amide bonds. The largest absolute Gasteiger partial charge is 0.345 e. The first kappa shape index (κ1) is 18.2. The number of rotatable bonds is 4. The predicted octanol–water partition coefficient (Wildman–Crippen LogP) is 4.82. The quantitative estimate of drug-likeness (QED) is 0.827. The second kappa shape index (κ2) is 7.77. The van der Waals surface area contributed by atoms with Gasteiger partial charge in [-0.15, -0.1) is 0 Å². The Morgan fingerprint density at radius 1 is 1.00 bits per heavy atom. The molecule has 0 atom stereocenters. The SMILES string of the molecule is CC(=O)Nc1cccc(NC(=O)c2cc(C)n(C3CCCCC3)c2C)c1. The Kier molecular flexibility index (Phi) is 5.45. The van der Waals surface area contributed by atoms with Gasteiger partial charge in [0.15, 0.2) is 0 Å². The Labute approximate surface area is 154 Å². The van der Waals surface area contributed by atoms with E-state index in [1.54, 1.807) is 12.1 Å². The lowest BCUT2D eigenvalue weighted by Gasteiger charge is -2.26. The maximum atomic E-state index is 12.8. The van der Waals surface area contributed by atoms with Crippen molar-refractivity contribution in [3.63, 3.8) is 0 Å². The molecule has 1 aliphatic rings. The zero-order valence-electron chi connectivity index (χ0n) is 15.8. The molecular formula is C21H27N3O2. The number of aromatic nitrogens is 1. The zero-order valence-corrected chi connectivity index (χ0v) is 15.8. The van der Waals surface area contributed by atoms with Crippen LogP contribution in [0.3, 0.4) is 0 Å². The monoisotopic (exact) mass is 353 g/mol. The first-order chi connectivity index (χ1) is 12.5. The molecule has 1 fully saturated rings. The third-order valence-corrected chi connectivity index (χ3v) is 5.11. The fourth-order valence-electron chi connectivity index (χ4n) is 3.98. The molecule has 0 bridgehead atoms. The molecule has 5 nitrogen and oxygen atoms in total. The van der Waals surface area contributed by atoms with Crippen molar-refractivity contribution < 1.29 is 9.59 Å². The van der Waals surface area contributed by atoms with Crippen molar-refractivity contribution in [2.75, 3.05) is 10.6 Å². The maximum absolute atomic E-state index is 12.8. The molecule has 1 saturated carbocycles. The molecule has 5 heteroatoms. The van der Waals surface area contributed by atoms with Gasteiger partial charge in [0.05, 0.1) is 5.56 Å². The number of hydrogen-bond acceptors (Lipinski definition) is 2. The molecule has 0 aliphatic heterocycles. The van der Waals surface area contributed by atoms with Gasteiger partial charge in [-0.1, -0.05) is 25.3 Å². The van der Waals surface area contributed by atoms with Crippen LogP contribution in [0.15, 0.2) is 30.3 Å². The van der Waals surface area contributed by atoms with Gasteiger partial charge in [-0.25, -0.2) is 0 Å². The van der Waals surface area contributed by atoms with Crippen LogP contribution in [-0.2, 0) is 4.79 Å². The number of amides is 2. The minimum absolute atomic E-state index is 0.111. The van der Waals surface area contributed by atoms with Crippen molar-refractivity contribution in [2.45, 2.75) is 58.9 Å². The summed E-state index contributed by atoms with van der Waals surface area (Å²) < 4.78 is 2.34. The topological polar surface area (TPSA) is 63.1 Å². The minimum Gasteiger partial charge on any atom is -0.345 e. The van der Waals surface area contributed by atoms with Crippen LogP contribution >= 0.6 is 0 Å². The van der Waals surface area contributed by atoms with E-state index in [-0.39, 0.29) is 11.8 Å². The normalized spacial score (nSPS) is 14.9. The number of hydrogen-bond donors (Lipinski definition) is 2. The highest BCUT2D eigenvalue weighted by molar-refractivity contribution is 6.05. The Balaban J connectivity index is 1.79. The molecule has 0 spiro atoms. The Morgan fingerprint density at radius 3 is 2.31 bits per heavy atom. The Bertz CT molecular complexity index is 817. The fraction of sp³-hybridized carbons (Fsp3) is 0.429. The van der Waals surface area contributed by atoms with Crippen LogP contribution in [-0.4, -0.2) is 16.4 Å². The summed E-state index contributed by atoms with van der Waals surface area (Å²) in [6, 6.07) is 9.69. The highest BCUT2D eigenvalue weighted by Gasteiger charge is 2.22. The lowest BCUT2D eigenvalue weighted by Crippen LogP contribution is -2.17. The molecule has 1 aromatic heterocycles. The number of aryl methyl sites for hydroxylation is 1. The third-order valence-electron chi connectivity index (χ3n) is 5.11. The second-order valence-corrected chi connectivity index (χ2v) is 7.16. The fourth-order valence-corrected chi connectivity index (χ4v) is 3.98. The van der Waals surface area contributed by atoms with E-state index < -0.39 is 0 Å². The Morgan fingerprint density at radius 2 is 1.65 bits per heavy atom. The van der Waals surface area contributed by atoms with E-state index >= 15 is 0 Å². The predicted molar refractivity (Wildman–Crippen MR) is 105 cm³/mol. The van der Waals surface area contributed by atoms with Crippen molar-refractivity contribution in [2.24, 2.45) is 0 Å². The summed E-state index contributed by atoms with van der Waals surface area (Å²) in [5.41, 5.74) is 4.24. The summed E-state index contributed by atoms with van der Waals surface area (Å²) in [4.78, 5) is 24.0. The van der Waals surface area contributed by atoms with Crippen LogP contribution in [0.2, 0.25) is 0 Å². The summed E-state index contributed by atoms with van der Waals surface area (Å²) in [7, 11) is 0. The van der Waals surface area contributed by atoms with Crippen LogP contribution in [0.5, 0.6) is 0 Å². The maximum Gasteiger partial charge on any atom is 0.257 e. The van der Waals surface area contributed by atoms with Crippen LogP contribution < -0.4 is 10.6 Å². The van der Waals surface area contributed by atoms with Crippen molar-refractivity contribution in [3.05, 3.63) is 47.3 Å². The lowest BCUT2D eigenvalue weighted by atomic mass is 9.95. The minimum atomic E-state index is -0.135. The van der Waals surface area contributed by atoms with E-state index in [1.165, 1.54) is 39.0 Å². The van der Waals surface area contributed by atoms with Crippen molar-refractivity contribution in [3.8, 4) is 0 Å². The standard InChI is InChI=1S/C21H27N3O2/c1-14-12-20(15(2)24(14)19-10-5-4-6-11-19)21(26)23-18-9-7-8-17(13-18)22-16(3)25/h7-9,12-13,19H,4-6,10-11H2,1-3H3,(H,22,25)(H,23,26). The first-order valence-corrected chi connectivity index (χ1v) is 9.33. The zero-order chi connectivity index (χ0) is 18.7. The van der Waals surface area contributed by atoms with Gasteiger partial charge < -0.3 is 15.2 Å². The lowest BCUT2D eigenvalue weighted by molar-refractivity contribution is -0.114. The summed E-state index contributed by atoms with van der Waals surface area (Å²) in [5.74, 6) is -0.246. The van der Waals surface area contributed by atoms with Gasteiger partial charge in [-0.3, -0.25) is 9.59 Å². The number of carbonyl (C=O) groups is 2. The highest BCUT2D eigenvalue weighted by atomic mass is 16.2. The molecule has 26 heavy (non-hydrogen) atoms. The van der Waals surface area contributed by atoms with Gasteiger partial charge in [0, 0.05) is 35.7 Å². The Hall–Kier alpha value is -2.56. The molecule has 2 N–H and O–H groups in total. The summed E-state index contributed by atoms with van der Waals surface area (Å²) in [5, 5.41) is 5.68. The van der Waals surface area contributed by atoms with Gasteiger partial charge in [0.2, 0.25) is 5.91 Å². The van der Waals surface area contributed by atoms with E-state index in [9.17, 15) is 9.59 Å². The number of benzene rings is 1. The second-order valence-electron chi connectivity index (χ2n) is 7.16. The number of nitrogens with one attached hydrogen (secondary N) is 2. The van der Waals surface area contributed by atoms with E-state index in [0.717, 1.165) is 17.0 Å². The van der Waals surface area contributed by atoms with Crippen LogP contribution in [0.25, 0.3) is 0 Å². The van der Waals surface area contributed by atoms with E-state index in [2.05, 4.69) is 22.1 Å². The molecule has 0 radical (unpaired) electrons. The molecule has 1 heterocycles. The average molecular weight is 353 g/mol. The molecule has 1 aliphatic carbocycles. The van der Waals surface area contributed by atoms with Gasteiger partial charge in [-0.05, 0) is 51.0 Å². The van der Waals surface area contributed by atoms with Gasteiger partial charge in [-0.2, -0.15) is 0 Å². The van der Waals surface area contributed by atoms with E-state index in [1.807, 2.05) is 25.1 Å². The molecule has 3 rings (SSSR count). The third kappa shape index (κ3) is 3.98. The van der Waals surface area contributed by atoms with Gasteiger partial charge in [0.25, 0.3) is 5.91 Å². The highest BCUT2D eigenvalue weighted by Crippen LogP contribution is 2.32. The smallest absolute Gasteiger partial charge is 0.257 e. The van der Waals surface area contributed by atoms with Crippen molar-refractivity contribution in [1.82, 2.24) is 4.57 Å². The van der Waals surface area contributed by atoms with Crippen LogP contribution in [0.4, 0.5) is 11.4 Å².